The molecule has 0 aromatic heterocycles. The van der Waals surface area contributed by atoms with Crippen molar-refractivity contribution in [3.63, 3.8) is 0 Å². The highest BCUT2D eigenvalue weighted by molar-refractivity contribution is 5.80. The summed E-state index contributed by atoms with van der Waals surface area (Å²) in [5.41, 5.74) is 1.15. The Hall–Kier alpha value is -1.75. The van der Waals surface area contributed by atoms with Crippen molar-refractivity contribution in [1.29, 1.82) is 0 Å². The van der Waals surface area contributed by atoms with E-state index in [2.05, 4.69) is 56.5 Å². The van der Waals surface area contributed by atoms with Crippen LogP contribution in [0.1, 0.15) is 32.4 Å². The summed E-state index contributed by atoms with van der Waals surface area (Å²) in [6, 6.07) is 8.63. The van der Waals surface area contributed by atoms with Crippen molar-refractivity contribution in [2.75, 3.05) is 34.3 Å². The average Bonchev–Trinajstić information content (AvgIpc) is 2.47. The Labute approximate surface area is 134 Å². The van der Waals surface area contributed by atoms with Crippen LogP contribution in [0.3, 0.4) is 0 Å². The minimum absolute atomic E-state index is 0.166. The summed E-state index contributed by atoms with van der Waals surface area (Å²) >= 11 is 0. The van der Waals surface area contributed by atoms with Crippen LogP contribution in [-0.2, 0) is 0 Å². The SMILES string of the molecule is CCNC(=NCC(c1ccccc1OC)N(C)C)NC(C)C. The molecular formula is C17H30N4O. The molecule has 1 atom stereocenters. The van der Waals surface area contributed by atoms with Gasteiger partial charge in [-0.15, -0.1) is 0 Å². The van der Waals surface area contributed by atoms with Crippen LogP contribution in [0, 0.1) is 0 Å². The van der Waals surface area contributed by atoms with E-state index in [0.29, 0.717) is 12.6 Å². The second-order valence-corrected chi connectivity index (χ2v) is 5.74. The van der Waals surface area contributed by atoms with E-state index in [1.54, 1.807) is 7.11 Å². The standard InChI is InChI=1S/C17H30N4O/c1-7-18-17(20-13(2)3)19-12-15(21(4)5)14-10-8-9-11-16(14)22-6/h8-11,13,15H,7,12H2,1-6H3,(H2,18,19,20). The highest BCUT2D eigenvalue weighted by Crippen LogP contribution is 2.28. The fourth-order valence-corrected chi connectivity index (χ4v) is 2.25. The molecule has 1 rings (SSSR count). The van der Waals surface area contributed by atoms with Gasteiger partial charge in [0.05, 0.1) is 19.7 Å². The van der Waals surface area contributed by atoms with Crippen LogP contribution in [0.25, 0.3) is 0 Å². The van der Waals surface area contributed by atoms with Crippen LogP contribution in [0.2, 0.25) is 0 Å². The van der Waals surface area contributed by atoms with Crippen LogP contribution >= 0.6 is 0 Å². The molecule has 5 nitrogen and oxygen atoms in total. The summed E-state index contributed by atoms with van der Waals surface area (Å²) in [5, 5.41) is 6.62. The molecule has 0 heterocycles. The summed E-state index contributed by atoms with van der Waals surface area (Å²) < 4.78 is 5.49. The normalized spacial score (nSPS) is 13.4. The minimum atomic E-state index is 0.166. The van der Waals surface area contributed by atoms with Crippen molar-refractivity contribution in [3.05, 3.63) is 29.8 Å². The number of nitrogens with zero attached hydrogens (tertiary/aromatic N) is 2. The zero-order valence-electron chi connectivity index (χ0n) is 14.7. The molecule has 0 aliphatic rings. The number of ether oxygens (including phenoxy) is 1. The Morgan fingerprint density at radius 1 is 1.27 bits per heavy atom. The molecule has 2 N–H and O–H groups in total. The first-order chi connectivity index (χ1) is 10.5. The summed E-state index contributed by atoms with van der Waals surface area (Å²) in [7, 11) is 5.84. The maximum Gasteiger partial charge on any atom is 0.191 e. The van der Waals surface area contributed by atoms with Crippen molar-refractivity contribution in [1.82, 2.24) is 15.5 Å². The van der Waals surface area contributed by atoms with Gasteiger partial charge in [-0.2, -0.15) is 0 Å². The molecule has 0 radical (unpaired) electrons. The first kappa shape index (κ1) is 18.3. The third-order valence-corrected chi connectivity index (χ3v) is 3.31. The number of para-hydroxylation sites is 1. The van der Waals surface area contributed by atoms with E-state index < -0.39 is 0 Å². The van der Waals surface area contributed by atoms with Gasteiger partial charge >= 0.3 is 0 Å². The molecule has 0 fully saturated rings. The van der Waals surface area contributed by atoms with Crippen LogP contribution < -0.4 is 15.4 Å². The van der Waals surface area contributed by atoms with Gasteiger partial charge in [-0.25, -0.2) is 0 Å². The molecule has 1 unspecified atom stereocenters. The van der Waals surface area contributed by atoms with Crippen molar-refractivity contribution in [2.45, 2.75) is 32.9 Å². The Morgan fingerprint density at radius 2 is 1.95 bits per heavy atom. The van der Waals surface area contributed by atoms with E-state index >= 15 is 0 Å². The highest BCUT2D eigenvalue weighted by Gasteiger charge is 2.18. The van der Waals surface area contributed by atoms with E-state index in [1.165, 1.54) is 0 Å². The Bertz CT molecular complexity index is 471. The van der Waals surface area contributed by atoms with Gasteiger partial charge in [0.1, 0.15) is 5.75 Å². The fourth-order valence-electron chi connectivity index (χ4n) is 2.25. The second kappa shape index (κ2) is 9.30. The molecule has 0 spiro atoms. The van der Waals surface area contributed by atoms with E-state index in [9.17, 15) is 0 Å². The van der Waals surface area contributed by atoms with Crippen molar-refractivity contribution in [3.8, 4) is 5.75 Å². The average molecular weight is 306 g/mol. The summed E-state index contributed by atoms with van der Waals surface area (Å²) in [6.07, 6.45) is 0. The van der Waals surface area contributed by atoms with Gasteiger partial charge in [-0.3, -0.25) is 4.99 Å². The van der Waals surface area contributed by atoms with E-state index in [-0.39, 0.29) is 6.04 Å². The van der Waals surface area contributed by atoms with Crippen LogP contribution in [-0.4, -0.2) is 51.2 Å². The number of benzene rings is 1. The lowest BCUT2D eigenvalue weighted by atomic mass is 10.0. The largest absolute Gasteiger partial charge is 0.496 e. The maximum absolute atomic E-state index is 5.49. The molecule has 0 aliphatic heterocycles. The van der Waals surface area contributed by atoms with Crippen molar-refractivity contribution in [2.24, 2.45) is 4.99 Å². The number of guanidine groups is 1. The van der Waals surface area contributed by atoms with Gasteiger partial charge in [-0.1, -0.05) is 18.2 Å². The molecule has 0 aliphatic carbocycles. The molecule has 1 aromatic carbocycles. The number of hydrogen-bond acceptors (Lipinski definition) is 3. The van der Waals surface area contributed by atoms with Gasteiger partial charge in [0.25, 0.3) is 0 Å². The summed E-state index contributed by atoms with van der Waals surface area (Å²) in [5.74, 6) is 1.75. The number of rotatable bonds is 7. The minimum Gasteiger partial charge on any atom is -0.496 e. The molecule has 124 valence electrons. The number of aliphatic imine (C=N–C) groups is 1. The second-order valence-electron chi connectivity index (χ2n) is 5.74. The van der Waals surface area contributed by atoms with Gasteiger partial charge in [0.15, 0.2) is 5.96 Å². The molecule has 1 aromatic rings. The third kappa shape index (κ3) is 5.56. The Morgan fingerprint density at radius 3 is 2.50 bits per heavy atom. The predicted octanol–water partition coefficient (Wildman–Crippen LogP) is 2.26. The van der Waals surface area contributed by atoms with E-state index in [4.69, 9.17) is 9.73 Å². The number of hydrogen-bond donors (Lipinski definition) is 2. The Kier molecular flexibility index (Phi) is 7.74. The van der Waals surface area contributed by atoms with Crippen LogP contribution in [0.15, 0.2) is 29.3 Å². The first-order valence-corrected chi connectivity index (χ1v) is 7.83. The van der Waals surface area contributed by atoms with E-state index in [1.807, 2.05) is 18.2 Å². The highest BCUT2D eigenvalue weighted by atomic mass is 16.5. The van der Waals surface area contributed by atoms with Gasteiger partial charge in [0.2, 0.25) is 0 Å². The molecule has 5 heteroatoms. The summed E-state index contributed by atoms with van der Waals surface area (Å²) in [4.78, 5) is 6.89. The van der Waals surface area contributed by atoms with Crippen LogP contribution in [0.4, 0.5) is 0 Å². The van der Waals surface area contributed by atoms with Gasteiger partial charge in [-0.05, 0) is 40.9 Å². The first-order valence-electron chi connectivity index (χ1n) is 7.83. The summed E-state index contributed by atoms with van der Waals surface area (Å²) in [6.45, 7) is 7.80. The Balaban J connectivity index is 2.96. The van der Waals surface area contributed by atoms with Gasteiger partial charge < -0.3 is 20.3 Å². The van der Waals surface area contributed by atoms with Crippen LogP contribution in [0.5, 0.6) is 5.75 Å². The maximum atomic E-state index is 5.49. The molecule has 0 saturated heterocycles. The topological polar surface area (TPSA) is 48.9 Å². The molecule has 0 bridgehead atoms. The number of methoxy groups -OCH3 is 1. The van der Waals surface area contributed by atoms with Gasteiger partial charge in [0, 0.05) is 18.2 Å². The number of likely N-dealkylation sites (N-methyl/N-ethyl adjacent to an activating group) is 1. The smallest absolute Gasteiger partial charge is 0.191 e. The molecular weight excluding hydrogens is 276 g/mol. The monoisotopic (exact) mass is 306 g/mol. The quantitative estimate of drug-likeness (QED) is 0.599. The molecule has 0 amide bonds. The zero-order chi connectivity index (χ0) is 16.5. The lowest BCUT2D eigenvalue weighted by Crippen LogP contribution is -2.41. The lowest BCUT2D eigenvalue weighted by Gasteiger charge is -2.25. The fraction of sp³-hybridized carbons (Fsp3) is 0.588. The predicted molar refractivity (Wildman–Crippen MR) is 93.7 cm³/mol. The van der Waals surface area contributed by atoms with Crippen molar-refractivity contribution < 1.29 is 4.74 Å². The molecule has 22 heavy (non-hydrogen) atoms. The number of nitrogens with one attached hydrogen (secondary N) is 2. The van der Waals surface area contributed by atoms with Crippen molar-refractivity contribution >= 4 is 5.96 Å². The zero-order valence-corrected chi connectivity index (χ0v) is 14.7. The van der Waals surface area contributed by atoms with E-state index in [0.717, 1.165) is 23.8 Å². The third-order valence-electron chi connectivity index (χ3n) is 3.31. The molecule has 0 saturated carbocycles. The lowest BCUT2D eigenvalue weighted by molar-refractivity contribution is 0.295.